The Balaban J connectivity index is 1.69. The van der Waals surface area contributed by atoms with Crippen LogP contribution in [0.4, 0.5) is 5.69 Å². The normalized spacial score (nSPS) is 19.7. The highest BCUT2D eigenvalue weighted by molar-refractivity contribution is 8.18. The van der Waals surface area contributed by atoms with Gasteiger partial charge in [0.2, 0.25) is 0 Å². The topological polar surface area (TPSA) is 85.6 Å². The number of piperidine rings is 1. The number of nitrogens with one attached hydrogen (secondary N) is 1. The van der Waals surface area contributed by atoms with E-state index in [0.717, 1.165) is 36.1 Å². The molecule has 0 unspecified atom stereocenters. The second-order valence-electron chi connectivity index (χ2n) is 5.19. The summed E-state index contributed by atoms with van der Waals surface area (Å²) in [7, 11) is 0. The van der Waals surface area contributed by atoms with E-state index in [9.17, 15) is 9.59 Å². The molecule has 116 valence electrons. The number of aliphatic imine (C=N–C) groups is 1. The van der Waals surface area contributed by atoms with Gasteiger partial charge in [-0.3, -0.25) is 14.9 Å². The monoisotopic (exact) mass is 326 g/mol. The number of benzene rings is 1. The van der Waals surface area contributed by atoms with Crippen molar-refractivity contribution in [3.05, 3.63) is 34.7 Å². The number of hydrogen-bond acceptors (Lipinski definition) is 6. The van der Waals surface area contributed by atoms with Crippen LogP contribution in [0.2, 0.25) is 0 Å². The second kappa shape index (κ2) is 6.67. The van der Waals surface area contributed by atoms with Gasteiger partial charge in [0.25, 0.3) is 5.91 Å². The van der Waals surface area contributed by atoms with E-state index in [-0.39, 0.29) is 5.91 Å². The lowest BCUT2D eigenvalue weighted by atomic mass is 10.1. The van der Waals surface area contributed by atoms with E-state index in [2.05, 4.69) is 15.2 Å². The molecule has 0 saturated carbocycles. The van der Waals surface area contributed by atoms with Crippen LogP contribution in [-0.2, 0) is 9.59 Å². The smallest absolute Gasteiger partial charge is 0.286 e. The molecule has 3 rings (SSSR count). The molecule has 0 spiro atoms. The minimum atomic E-state index is -0.341. The van der Waals surface area contributed by atoms with Crippen LogP contribution in [0, 0.1) is 11.5 Å². The van der Waals surface area contributed by atoms with Crippen molar-refractivity contribution in [2.75, 3.05) is 18.0 Å². The maximum atomic E-state index is 11.7. The largest absolute Gasteiger partial charge is 0.371 e. The van der Waals surface area contributed by atoms with Crippen LogP contribution in [0.1, 0.15) is 18.4 Å². The summed E-state index contributed by atoms with van der Waals surface area (Å²) in [4.78, 5) is 29.5. The standard InChI is InChI=1S/C16H14N4O2S/c17-10-18-16-19-15(22)14(23-16)9-11-1-3-12(4-2-11)20-7-5-13(21)6-8-20/h1-4,9H,5-8H2,(H,18,19,22). The Bertz CT molecular complexity index is 736. The van der Waals surface area contributed by atoms with Crippen molar-refractivity contribution in [3.8, 4) is 6.19 Å². The Hall–Kier alpha value is -2.59. The number of hydrogen-bond donors (Lipinski definition) is 1. The van der Waals surface area contributed by atoms with E-state index in [0.29, 0.717) is 28.7 Å². The Kier molecular flexibility index (Phi) is 4.44. The number of thioether (sulfide) groups is 1. The Labute approximate surface area is 137 Å². The van der Waals surface area contributed by atoms with Gasteiger partial charge >= 0.3 is 0 Å². The minimum absolute atomic E-state index is 0.304. The van der Waals surface area contributed by atoms with Gasteiger partial charge < -0.3 is 4.90 Å². The molecule has 0 radical (unpaired) electrons. The van der Waals surface area contributed by atoms with Crippen molar-refractivity contribution in [1.29, 1.82) is 5.26 Å². The van der Waals surface area contributed by atoms with E-state index < -0.39 is 0 Å². The van der Waals surface area contributed by atoms with Crippen molar-refractivity contribution in [2.24, 2.45) is 4.99 Å². The third kappa shape index (κ3) is 3.60. The molecule has 6 nitrogen and oxygen atoms in total. The SMILES string of the molecule is N#CNC1=NC(=O)C(=Cc2ccc(N3CCC(=O)CC3)cc2)S1. The summed E-state index contributed by atoms with van der Waals surface area (Å²) in [5.74, 6) is -0.0208. The predicted molar refractivity (Wildman–Crippen MR) is 89.7 cm³/mol. The molecule has 0 atom stereocenters. The number of carbonyl (C=O) groups excluding carboxylic acids is 2. The third-order valence-corrected chi connectivity index (χ3v) is 4.56. The summed E-state index contributed by atoms with van der Waals surface area (Å²) >= 11 is 1.15. The summed E-state index contributed by atoms with van der Waals surface area (Å²) in [6.07, 6.45) is 4.71. The summed E-state index contributed by atoms with van der Waals surface area (Å²) in [5, 5.41) is 11.2. The van der Waals surface area contributed by atoms with Gasteiger partial charge in [0, 0.05) is 31.6 Å². The molecule has 0 bridgehead atoms. The molecule has 23 heavy (non-hydrogen) atoms. The molecule has 1 fully saturated rings. The molecule has 1 saturated heterocycles. The lowest BCUT2D eigenvalue weighted by Gasteiger charge is -2.28. The van der Waals surface area contributed by atoms with E-state index in [1.807, 2.05) is 24.3 Å². The van der Waals surface area contributed by atoms with Gasteiger partial charge in [-0.2, -0.15) is 10.3 Å². The first-order chi connectivity index (χ1) is 11.2. The zero-order chi connectivity index (χ0) is 16.2. The van der Waals surface area contributed by atoms with Gasteiger partial charge in [-0.1, -0.05) is 12.1 Å². The zero-order valence-corrected chi connectivity index (χ0v) is 13.1. The van der Waals surface area contributed by atoms with Crippen LogP contribution in [0.3, 0.4) is 0 Å². The molecule has 7 heteroatoms. The fourth-order valence-corrected chi connectivity index (χ4v) is 3.22. The van der Waals surface area contributed by atoms with Crippen LogP contribution in [0.25, 0.3) is 6.08 Å². The van der Waals surface area contributed by atoms with Gasteiger partial charge in [0.15, 0.2) is 11.4 Å². The van der Waals surface area contributed by atoms with Crippen molar-refractivity contribution in [2.45, 2.75) is 12.8 Å². The number of anilines is 1. The number of nitriles is 1. The molecule has 2 aliphatic heterocycles. The van der Waals surface area contributed by atoms with Gasteiger partial charge in [0.1, 0.15) is 5.78 Å². The fourth-order valence-electron chi connectivity index (χ4n) is 2.46. The zero-order valence-electron chi connectivity index (χ0n) is 12.3. The fraction of sp³-hybridized carbons (Fsp3) is 0.250. The van der Waals surface area contributed by atoms with Crippen LogP contribution in [-0.4, -0.2) is 29.9 Å². The molecule has 2 heterocycles. The van der Waals surface area contributed by atoms with Crippen LogP contribution < -0.4 is 10.2 Å². The van der Waals surface area contributed by atoms with Gasteiger partial charge in [0.05, 0.1) is 4.91 Å². The highest BCUT2D eigenvalue weighted by Gasteiger charge is 2.21. The molecule has 0 aromatic heterocycles. The minimum Gasteiger partial charge on any atom is -0.371 e. The second-order valence-corrected chi connectivity index (χ2v) is 6.22. The summed E-state index contributed by atoms with van der Waals surface area (Å²) < 4.78 is 0. The van der Waals surface area contributed by atoms with Gasteiger partial charge in [-0.15, -0.1) is 0 Å². The first-order valence-corrected chi connectivity index (χ1v) is 8.02. The number of amidine groups is 1. The number of nitrogens with zero attached hydrogens (tertiary/aromatic N) is 3. The summed E-state index contributed by atoms with van der Waals surface area (Å²) in [6, 6.07) is 7.84. The van der Waals surface area contributed by atoms with Crippen molar-refractivity contribution >= 4 is 40.4 Å². The highest BCUT2D eigenvalue weighted by Crippen LogP contribution is 2.28. The van der Waals surface area contributed by atoms with Crippen molar-refractivity contribution in [3.63, 3.8) is 0 Å². The Morgan fingerprint density at radius 2 is 1.91 bits per heavy atom. The molecular weight excluding hydrogens is 312 g/mol. The van der Waals surface area contributed by atoms with Crippen molar-refractivity contribution in [1.82, 2.24) is 5.32 Å². The Morgan fingerprint density at radius 3 is 2.57 bits per heavy atom. The van der Waals surface area contributed by atoms with Gasteiger partial charge in [-0.25, -0.2) is 0 Å². The maximum absolute atomic E-state index is 11.7. The number of Topliss-reactive ketones (excluding diaryl/α,β-unsaturated/α-hetero) is 1. The number of amides is 1. The molecule has 1 N–H and O–H groups in total. The van der Waals surface area contributed by atoms with Gasteiger partial charge in [-0.05, 0) is 35.5 Å². The van der Waals surface area contributed by atoms with E-state index >= 15 is 0 Å². The van der Waals surface area contributed by atoms with E-state index in [4.69, 9.17) is 5.26 Å². The Morgan fingerprint density at radius 1 is 1.22 bits per heavy atom. The molecule has 2 aliphatic rings. The third-order valence-electron chi connectivity index (χ3n) is 3.66. The maximum Gasteiger partial charge on any atom is 0.286 e. The molecule has 0 aliphatic carbocycles. The quantitative estimate of drug-likeness (QED) is 0.507. The van der Waals surface area contributed by atoms with Crippen LogP contribution in [0.5, 0.6) is 0 Å². The first kappa shape index (κ1) is 15.3. The number of rotatable bonds is 2. The molecule has 1 aromatic carbocycles. The molecule has 1 aromatic rings. The number of ketones is 1. The lowest BCUT2D eigenvalue weighted by molar-refractivity contribution is -0.119. The predicted octanol–water partition coefficient (Wildman–Crippen LogP) is 1.90. The molecular formula is C16H14N4O2S. The van der Waals surface area contributed by atoms with Crippen LogP contribution >= 0.6 is 11.8 Å². The highest BCUT2D eigenvalue weighted by atomic mass is 32.2. The summed E-state index contributed by atoms with van der Waals surface area (Å²) in [5.41, 5.74) is 1.97. The average Bonchev–Trinajstić information content (AvgIpc) is 2.89. The number of carbonyl (C=O) groups is 2. The van der Waals surface area contributed by atoms with E-state index in [1.54, 1.807) is 12.3 Å². The summed E-state index contributed by atoms with van der Waals surface area (Å²) in [6.45, 7) is 1.51. The average molecular weight is 326 g/mol. The first-order valence-electron chi connectivity index (χ1n) is 7.20. The van der Waals surface area contributed by atoms with E-state index in [1.165, 1.54) is 0 Å². The van der Waals surface area contributed by atoms with Crippen LogP contribution in [0.15, 0.2) is 34.2 Å². The lowest BCUT2D eigenvalue weighted by Crippen LogP contribution is -2.33. The molecule has 1 amide bonds. The van der Waals surface area contributed by atoms with Crippen molar-refractivity contribution < 1.29 is 9.59 Å².